The summed E-state index contributed by atoms with van der Waals surface area (Å²) >= 11 is 0. The largest absolute Gasteiger partial charge is 0.497 e. The zero-order valence-corrected chi connectivity index (χ0v) is 17.0. The van der Waals surface area contributed by atoms with Crippen molar-refractivity contribution in [1.29, 1.82) is 0 Å². The predicted octanol–water partition coefficient (Wildman–Crippen LogP) is 4.88. The standard InChI is InChI=1S/C23H21N3O4/c1-4-29-17-10-8-15(9-11-17)22-25-21(26-30-22)19-12-13-20(24-23(19)28-3)16-6-5-7-18(14-16)27-2/h5-14H,4H2,1-3H3. The minimum absolute atomic E-state index is 0.403. The fraction of sp³-hybridized carbons (Fsp3) is 0.174. The first-order valence-corrected chi connectivity index (χ1v) is 9.48. The highest BCUT2D eigenvalue weighted by molar-refractivity contribution is 5.69. The molecule has 2 aromatic heterocycles. The highest BCUT2D eigenvalue weighted by Crippen LogP contribution is 2.32. The molecule has 0 saturated heterocycles. The van der Waals surface area contributed by atoms with Crippen LogP contribution >= 0.6 is 0 Å². The second-order valence-electron chi connectivity index (χ2n) is 6.37. The van der Waals surface area contributed by atoms with E-state index in [0.717, 1.165) is 28.3 Å². The third-order valence-electron chi connectivity index (χ3n) is 4.50. The Morgan fingerprint density at radius 3 is 2.40 bits per heavy atom. The lowest BCUT2D eigenvalue weighted by atomic mass is 10.1. The Hall–Kier alpha value is -3.87. The Labute approximate surface area is 174 Å². The van der Waals surface area contributed by atoms with Gasteiger partial charge in [0.1, 0.15) is 11.5 Å². The topological polar surface area (TPSA) is 79.5 Å². The average Bonchev–Trinajstić information content (AvgIpc) is 3.29. The van der Waals surface area contributed by atoms with Gasteiger partial charge < -0.3 is 18.7 Å². The second kappa shape index (κ2) is 8.65. The van der Waals surface area contributed by atoms with E-state index in [4.69, 9.17) is 18.7 Å². The van der Waals surface area contributed by atoms with Gasteiger partial charge in [0, 0.05) is 11.1 Å². The summed E-state index contributed by atoms with van der Waals surface area (Å²) < 4.78 is 21.7. The van der Waals surface area contributed by atoms with Crippen LogP contribution in [0.15, 0.2) is 65.2 Å². The number of aromatic nitrogens is 3. The van der Waals surface area contributed by atoms with Crippen molar-refractivity contribution in [2.45, 2.75) is 6.92 Å². The van der Waals surface area contributed by atoms with Crippen LogP contribution < -0.4 is 14.2 Å². The van der Waals surface area contributed by atoms with Crippen LogP contribution in [0.25, 0.3) is 34.1 Å². The Balaban J connectivity index is 1.64. The molecule has 30 heavy (non-hydrogen) atoms. The maximum Gasteiger partial charge on any atom is 0.258 e. The van der Waals surface area contributed by atoms with Crippen LogP contribution in [0, 0.1) is 0 Å². The normalized spacial score (nSPS) is 10.6. The first kappa shape index (κ1) is 19.4. The number of hydrogen-bond acceptors (Lipinski definition) is 7. The summed E-state index contributed by atoms with van der Waals surface area (Å²) in [5, 5.41) is 4.10. The number of rotatable bonds is 7. The quantitative estimate of drug-likeness (QED) is 0.435. The van der Waals surface area contributed by atoms with Gasteiger partial charge in [0.25, 0.3) is 5.89 Å². The molecule has 4 rings (SSSR count). The van der Waals surface area contributed by atoms with Crippen LogP contribution in [0.3, 0.4) is 0 Å². The predicted molar refractivity (Wildman–Crippen MR) is 113 cm³/mol. The molecule has 2 heterocycles. The summed E-state index contributed by atoms with van der Waals surface area (Å²) in [5.41, 5.74) is 3.12. The molecule has 7 heteroatoms. The van der Waals surface area contributed by atoms with Gasteiger partial charge in [-0.2, -0.15) is 4.98 Å². The number of benzene rings is 2. The zero-order valence-electron chi connectivity index (χ0n) is 17.0. The summed E-state index contributed by atoms with van der Waals surface area (Å²) in [5.74, 6) is 2.78. The third-order valence-corrected chi connectivity index (χ3v) is 4.50. The molecule has 0 aliphatic carbocycles. The lowest BCUT2D eigenvalue weighted by Crippen LogP contribution is -1.95. The molecule has 0 bridgehead atoms. The number of pyridine rings is 1. The van der Waals surface area contributed by atoms with Gasteiger partial charge in [-0.05, 0) is 55.5 Å². The van der Waals surface area contributed by atoms with Gasteiger partial charge in [-0.15, -0.1) is 0 Å². The minimum Gasteiger partial charge on any atom is -0.497 e. The van der Waals surface area contributed by atoms with Crippen LogP contribution in [0.4, 0.5) is 0 Å². The molecule has 0 aliphatic heterocycles. The number of methoxy groups -OCH3 is 2. The van der Waals surface area contributed by atoms with E-state index in [2.05, 4.69) is 15.1 Å². The van der Waals surface area contributed by atoms with E-state index in [1.165, 1.54) is 0 Å². The van der Waals surface area contributed by atoms with Crippen molar-refractivity contribution in [2.75, 3.05) is 20.8 Å². The molecule has 0 unspecified atom stereocenters. The molecule has 0 radical (unpaired) electrons. The number of ether oxygens (including phenoxy) is 3. The molecule has 0 amide bonds. The van der Waals surface area contributed by atoms with Crippen LogP contribution in [0.1, 0.15) is 6.92 Å². The van der Waals surface area contributed by atoms with Crippen molar-refractivity contribution in [3.63, 3.8) is 0 Å². The van der Waals surface area contributed by atoms with Crippen molar-refractivity contribution >= 4 is 0 Å². The summed E-state index contributed by atoms with van der Waals surface area (Å²) in [6, 6.07) is 18.9. The van der Waals surface area contributed by atoms with E-state index < -0.39 is 0 Å². The van der Waals surface area contributed by atoms with Gasteiger partial charge >= 0.3 is 0 Å². The van der Waals surface area contributed by atoms with Crippen molar-refractivity contribution in [3.05, 3.63) is 60.7 Å². The van der Waals surface area contributed by atoms with E-state index in [-0.39, 0.29) is 0 Å². The van der Waals surface area contributed by atoms with E-state index in [9.17, 15) is 0 Å². The van der Waals surface area contributed by atoms with Gasteiger partial charge in [-0.3, -0.25) is 0 Å². The molecule has 0 spiro atoms. The highest BCUT2D eigenvalue weighted by Gasteiger charge is 2.17. The number of hydrogen-bond donors (Lipinski definition) is 0. The van der Waals surface area contributed by atoms with Crippen LogP contribution in [-0.4, -0.2) is 36.0 Å². The van der Waals surface area contributed by atoms with Gasteiger partial charge in [-0.1, -0.05) is 17.3 Å². The van der Waals surface area contributed by atoms with Crippen molar-refractivity contribution < 1.29 is 18.7 Å². The molecule has 0 atom stereocenters. The lowest BCUT2D eigenvalue weighted by Gasteiger charge is -2.08. The maximum atomic E-state index is 5.50. The lowest BCUT2D eigenvalue weighted by molar-refractivity contribution is 0.340. The Bertz CT molecular complexity index is 1140. The molecule has 4 aromatic rings. The van der Waals surface area contributed by atoms with Gasteiger partial charge in [0.2, 0.25) is 11.7 Å². The molecular weight excluding hydrogens is 382 g/mol. The summed E-state index contributed by atoms with van der Waals surface area (Å²) in [4.78, 5) is 9.12. The van der Waals surface area contributed by atoms with Crippen molar-refractivity contribution in [2.24, 2.45) is 0 Å². The van der Waals surface area contributed by atoms with Gasteiger partial charge in [-0.25, -0.2) is 4.98 Å². The fourth-order valence-corrected chi connectivity index (χ4v) is 3.02. The average molecular weight is 403 g/mol. The van der Waals surface area contributed by atoms with Crippen molar-refractivity contribution in [3.8, 4) is 51.5 Å². The number of nitrogens with zero attached hydrogens (tertiary/aromatic N) is 3. The Morgan fingerprint density at radius 2 is 1.67 bits per heavy atom. The minimum atomic E-state index is 0.403. The molecule has 2 aromatic carbocycles. The first-order chi connectivity index (χ1) is 14.7. The first-order valence-electron chi connectivity index (χ1n) is 9.48. The van der Waals surface area contributed by atoms with Crippen LogP contribution in [0.5, 0.6) is 17.4 Å². The Kier molecular flexibility index (Phi) is 5.61. The van der Waals surface area contributed by atoms with Crippen LogP contribution in [0.2, 0.25) is 0 Å². The SMILES string of the molecule is CCOc1ccc(-c2nc(-c3ccc(-c4cccc(OC)c4)nc3OC)no2)cc1. The Morgan fingerprint density at radius 1 is 0.833 bits per heavy atom. The van der Waals surface area contributed by atoms with E-state index in [1.54, 1.807) is 14.2 Å². The third kappa shape index (κ3) is 3.96. The molecule has 7 nitrogen and oxygen atoms in total. The molecule has 0 fully saturated rings. The molecular formula is C23H21N3O4. The van der Waals surface area contributed by atoms with E-state index in [1.807, 2.05) is 67.6 Å². The van der Waals surface area contributed by atoms with Gasteiger partial charge in [0.15, 0.2) is 0 Å². The van der Waals surface area contributed by atoms with E-state index >= 15 is 0 Å². The van der Waals surface area contributed by atoms with Crippen molar-refractivity contribution in [1.82, 2.24) is 15.1 Å². The summed E-state index contributed by atoms with van der Waals surface area (Å²) in [6.07, 6.45) is 0. The van der Waals surface area contributed by atoms with Crippen LogP contribution in [-0.2, 0) is 0 Å². The smallest absolute Gasteiger partial charge is 0.258 e. The molecule has 0 saturated carbocycles. The molecule has 0 N–H and O–H groups in total. The van der Waals surface area contributed by atoms with E-state index in [0.29, 0.717) is 29.8 Å². The summed E-state index contributed by atoms with van der Waals surface area (Å²) in [6.45, 7) is 2.56. The molecule has 0 aliphatic rings. The zero-order chi connectivity index (χ0) is 20.9. The fourth-order valence-electron chi connectivity index (χ4n) is 3.02. The molecule has 152 valence electrons. The summed E-state index contributed by atoms with van der Waals surface area (Å²) in [7, 11) is 3.20. The van der Waals surface area contributed by atoms with Gasteiger partial charge in [0.05, 0.1) is 32.1 Å². The monoisotopic (exact) mass is 403 g/mol. The highest BCUT2D eigenvalue weighted by atomic mass is 16.5. The second-order valence-corrected chi connectivity index (χ2v) is 6.37. The maximum absolute atomic E-state index is 5.50.